The first-order chi connectivity index (χ1) is 11.2. The standard InChI is InChI=1S/C17H23ClN2O3S/c1-13-5-8-16(11-17(13)18)24(21,22)20(10-9-19(3)4)12-15-7-6-14(2)23-15/h5-8,11H,9-10,12H2,1-4H3. The first-order valence-corrected chi connectivity index (χ1v) is 9.48. The molecule has 2 rings (SSSR count). The molecule has 0 atom stereocenters. The van der Waals surface area contributed by atoms with Gasteiger partial charge in [-0.15, -0.1) is 0 Å². The molecule has 0 saturated carbocycles. The lowest BCUT2D eigenvalue weighted by Gasteiger charge is -2.23. The molecule has 7 heteroatoms. The van der Waals surface area contributed by atoms with Gasteiger partial charge in [0.1, 0.15) is 11.5 Å². The van der Waals surface area contributed by atoms with Crippen LogP contribution >= 0.6 is 11.6 Å². The van der Waals surface area contributed by atoms with Gasteiger partial charge in [-0.25, -0.2) is 8.42 Å². The van der Waals surface area contributed by atoms with Crippen molar-refractivity contribution in [2.24, 2.45) is 0 Å². The highest BCUT2D eigenvalue weighted by molar-refractivity contribution is 7.89. The summed E-state index contributed by atoms with van der Waals surface area (Å²) in [5, 5.41) is 0.442. The molecule has 0 aliphatic rings. The van der Waals surface area contributed by atoms with Gasteiger partial charge in [0.2, 0.25) is 10.0 Å². The van der Waals surface area contributed by atoms with Crippen molar-refractivity contribution in [1.82, 2.24) is 9.21 Å². The zero-order valence-corrected chi connectivity index (χ0v) is 16.0. The van der Waals surface area contributed by atoms with Crippen LogP contribution < -0.4 is 0 Å². The number of hydrogen-bond acceptors (Lipinski definition) is 4. The third-order valence-electron chi connectivity index (χ3n) is 3.71. The molecule has 0 aliphatic carbocycles. The van der Waals surface area contributed by atoms with Crippen LogP contribution in [0.4, 0.5) is 0 Å². The van der Waals surface area contributed by atoms with Gasteiger partial charge in [0, 0.05) is 18.1 Å². The summed E-state index contributed by atoms with van der Waals surface area (Å²) in [6.07, 6.45) is 0. The van der Waals surface area contributed by atoms with Crippen LogP contribution in [-0.4, -0.2) is 44.8 Å². The van der Waals surface area contributed by atoms with Gasteiger partial charge < -0.3 is 9.32 Å². The van der Waals surface area contributed by atoms with Crippen LogP contribution in [0.25, 0.3) is 0 Å². The van der Waals surface area contributed by atoms with Crippen LogP contribution in [-0.2, 0) is 16.6 Å². The van der Waals surface area contributed by atoms with E-state index in [9.17, 15) is 8.42 Å². The van der Waals surface area contributed by atoms with E-state index < -0.39 is 10.0 Å². The zero-order valence-electron chi connectivity index (χ0n) is 14.4. The highest BCUT2D eigenvalue weighted by atomic mass is 35.5. The summed E-state index contributed by atoms with van der Waals surface area (Å²) in [4.78, 5) is 2.14. The van der Waals surface area contributed by atoms with Gasteiger partial charge in [-0.1, -0.05) is 17.7 Å². The van der Waals surface area contributed by atoms with Crippen molar-refractivity contribution in [3.05, 3.63) is 52.4 Å². The molecule has 5 nitrogen and oxygen atoms in total. The first-order valence-electron chi connectivity index (χ1n) is 7.66. The number of aryl methyl sites for hydroxylation is 2. The molecule has 1 aromatic heterocycles. The number of nitrogens with zero attached hydrogens (tertiary/aromatic N) is 2. The second-order valence-electron chi connectivity index (χ2n) is 6.07. The van der Waals surface area contributed by atoms with E-state index in [1.54, 1.807) is 18.2 Å². The van der Waals surface area contributed by atoms with Gasteiger partial charge in [0.15, 0.2) is 0 Å². The Morgan fingerprint density at radius 2 is 1.79 bits per heavy atom. The SMILES string of the molecule is Cc1ccc(CN(CCN(C)C)S(=O)(=O)c2ccc(C)c(Cl)c2)o1. The van der Waals surface area contributed by atoms with Crippen LogP contribution in [0.1, 0.15) is 17.1 Å². The van der Waals surface area contributed by atoms with Crippen molar-refractivity contribution in [3.63, 3.8) is 0 Å². The number of furan rings is 1. The average molecular weight is 371 g/mol. The Morgan fingerprint density at radius 1 is 1.08 bits per heavy atom. The van der Waals surface area contributed by atoms with Gasteiger partial charge in [0.05, 0.1) is 11.4 Å². The molecule has 0 amide bonds. The van der Waals surface area contributed by atoms with Crippen molar-refractivity contribution < 1.29 is 12.8 Å². The van der Waals surface area contributed by atoms with E-state index in [1.165, 1.54) is 10.4 Å². The van der Waals surface area contributed by atoms with Crippen LogP contribution in [0, 0.1) is 13.8 Å². The monoisotopic (exact) mass is 370 g/mol. The normalized spacial score (nSPS) is 12.3. The lowest BCUT2D eigenvalue weighted by atomic mass is 10.2. The lowest BCUT2D eigenvalue weighted by molar-refractivity contribution is 0.310. The minimum Gasteiger partial charge on any atom is -0.465 e. The van der Waals surface area contributed by atoms with Crippen LogP contribution in [0.5, 0.6) is 0 Å². The predicted molar refractivity (Wildman–Crippen MR) is 95.8 cm³/mol. The lowest BCUT2D eigenvalue weighted by Crippen LogP contribution is -2.36. The van der Waals surface area contributed by atoms with E-state index in [-0.39, 0.29) is 11.4 Å². The molecule has 0 N–H and O–H groups in total. The molecule has 0 unspecified atom stereocenters. The Morgan fingerprint density at radius 3 is 2.33 bits per heavy atom. The maximum absolute atomic E-state index is 13.0. The molecular formula is C17H23ClN2O3S. The highest BCUT2D eigenvalue weighted by Gasteiger charge is 2.26. The van der Waals surface area contributed by atoms with Crippen molar-refractivity contribution >= 4 is 21.6 Å². The molecule has 132 valence electrons. The van der Waals surface area contributed by atoms with Crippen LogP contribution in [0.15, 0.2) is 39.6 Å². The number of benzene rings is 1. The molecule has 0 fully saturated rings. The van der Waals surface area contributed by atoms with E-state index in [2.05, 4.69) is 0 Å². The molecular weight excluding hydrogens is 348 g/mol. The van der Waals surface area contributed by atoms with Crippen LogP contribution in [0.2, 0.25) is 5.02 Å². The molecule has 24 heavy (non-hydrogen) atoms. The predicted octanol–water partition coefficient (Wildman–Crippen LogP) is 3.30. The highest BCUT2D eigenvalue weighted by Crippen LogP contribution is 2.24. The average Bonchev–Trinajstić information content (AvgIpc) is 2.91. The van der Waals surface area contributed by atoms with Gasteiger partial charge in [0.25, 0.3) is 0 Å². The number of rotatable bonds is 7. The minimum atomic E-state index is -3.66. The molecule has 0 radical (unpaired) electrons. The van der Waals surface area contributed by atoms with Gasteiger partial charge in [-0.3, -0.25) is 0 Å². The molecule has 0 saturated heterocycles. The van der Waals surface area contributed by atoms with Gasteiger partial charge in [-0.2, -0.15) is 4.31 Å². The van der Waals surface area contributed by atoms with Crippen LogP contribution in [0.3, 0.4) is 0 Å². The van der Waals surface area contributed by atoms with Gasteiger partial charge >= 0.3 is 0 Å². The van der Waals surface area contributed by atoms with Crippen molar-refractivity contribution in [3.8, 4) is 0 Å². The zero-order chi connectivity index (χ0) is 17.9. The fraction of sp³-hybridized carbons (Fsp3) is 0.412. The summed E-state index contributed by atoms with van der Waals surface area (Å²) in [7, 11) is 0.152. The fourth-order valence-corrected chi connectivity index (χ4v) is 3.89. The van der Waals surface area contributed by atoms with Crippen molar-refractivity contribution in [1.29, 1.82) is 0 Å². The molecule has 0 bridgehead atoms. The Labute approximate surface area is 148 Å². The maximum Gasteiger partial charge on any atom is 0.243 e. The van der Waals surface area contributed by atoms with E-state index >= 15 is 0 Å². The second-order valence-corrected chi connectivity index (χ2v) is 8.41. The van der Waals surface area contributed by atoms with E-state index in [0.717, 1.165) is 11.3 Å². The second kappa shape index (κ2) is 7.70. The summed E-state index contributed by atoms with van der Waals surface area (Å²) in [5.41, 5.74) is 0.845. The Hall–Kier alpha value is -1.34. The fourth-order valence-electron chi connectivity index (χ4n) is 2.22. The molecule has 1 heterocycles. The summed E-state index contributed by atoms with van der Waals surface area (Å²) in [5.74, 6) is 1.38. The van der Waals surface area contributed by atoms with E-state index in [1.807, 2.05) is 38.9 Å². The van der Waals surface area contributed by atoms with E-state index in [0.29, 0.717) is 23.9 Å². The maximum atomic E-state index is 13.0. The number of likely N-dealkylation sites (N-methyl/N-ethyl adjacent to an activating group) is 1. The summed E-state index contributed by atoms with van der Waals surface area (Å²) < 4.78 is 33.0. The molecule has 0 spiro atoms. The molecule has 0 aliphatic heterocycles. The Balaban J connectivity index is 2.33. The number of sulfonamides is 1. The smallest absolute Gasteiger partial charge is 0.243 e. The third kappa shape index (κ3) is 4.60. The topological polar surface area (TPSA) is 53.8 Å². The molecule has 1 aromatic carbocycles. The van der Waals surface area contributed by atoms with Crippen molar-refractivity contribution in [2.45, 2.75) is 25.3 Å². The number of hydrogen-bond donors (Lipinski definition) is 0. The van der Waals surface area contributed by atoms with Crippen molar-refractivity contribution in [2.75, 3.05) is 27.2 Å². The first kappa shape index (κ1) is 19.0. The summed E-state index contributed by atoms with van der Waals surface area (Å²) >= 11 is 6.11. The molecule has 2 aromatic rings. The third-order valence-corrected chi connectivity index (χ3v) is 5.95. The summed E-state index contributed by atoms with van der Waals surface area (Å²) in [6.45, 7) is 4.84. The Kier molecular flexibility index (Phi) is 6.09. The minimum absolute atomic E-state index is 0.190. The van der Waals surface area contributed by atoms with E-state index in [4.69, 9.17) is 16.0 Å². The van der Waals surface area contributed by atoms with Gasteiger partial charge in [-0.05, 0) is 57.8 Å². The summed E-state index contributed by atoms with van der Waals surface area (Å²) in [6, 6.07) is 8.44. The Bertz CT molecular complexity index is 800. The largest absolute Gasteiger partial charge is 0.465 e. The quantitative estimate of drug-likeness (QED) is 0.750. The number of halogens is 1.